The third kappa shape index (κ3) is 2.34. The van der Waals surface area contributed by atoms with Gasteiger partial charge in [0.25, 0.3) is 5.69 Å². The van der Waals surface area contributed by atoms with E-state index >= 15 is 0 Å². The predicted molar refractivity (Wildman–Crippen MR) is 65.8 cm³/mol. The van der Waals surface area contributed by atoms with Gasteiger partial charge in [0.15, 0.2) is 21.9 Å². The molecule has 0 atom stereocenters. The van der Waals surface area contributed by atoms with Crippen LogP contribution in [0.25, 0.3) is 11.4 Å². The highest BCUT2D eigenvalue weighted by molar-refractivity contribution is 6.35. The van der Waals surface area contributed by atoms with Crippen molar-refractivity contribution in [1.82, 2.24) is 9.97 Å². The quantitative estimate of drug-likeness (QED) is 0.520. The minimum absolute atomic E-state index is 0.0466. The molecule has 92 valence electrons. The van der Waals surface area contributed by atoms with Gasteiger partial charge in [-0.2, -0.15) is 0 Å². The summed E-state index contributed by atoms with van der Waals surface area (Å²) >= 11 is 11.3. The molecule has 0 radical (unpaired) electrons. The maximum absolute atomic E-state index is 10.5. The fraction of sp³-hybridized carbons (Fsp3) is 0. The molecule has 8 heteroatoms. The van der Waals surface area contributed by atoms with E-state index in [0.717, 1.165) is 0 Å². The van der Waals surface area contributed by atoms with Crippen LogP contribution in [0.3, 0.4) is 0 Å². The first kappa shape index (κ1) is 12.5. The molecule has 0 aliphatic heterocycles. The average molecular weight is 286 g/mol. The predicted octanol–water partition coefficient (Wildman–Crippen LogP) is 3.06. The standard InChI is InChI=1S/C10H5Cl2N3O3/c11-8-7(16)9(12)14-10(13-8)5-1-3-6(4-2-5)15(17)18/h1-4,16H. The number of aromatic hydroxyl groups is 1. The second-order valence-corrected chi connectivity index (χ2v) is 4.00. The van der Waals surface area contributed by atoms with Crippen molar-refractivity contribution in [3.05, 3.63) is 44.7 Å². The van der Waals surface area contributed by atoms with E-state index in [9.17, 15) is 15.2 Å². The summed E-state index contributed by atoms with van der Waals surface area (Å²) in [6, 6.07) is 5.56. The fourth-order valence-corrected chi connectivity index (χ4v) is 1.65. The molecule has 0 aliphatic carbocycles. The molecule has 6 nitrogen and oxygen atoms in total. The van der Waals surface area contributed by atoms with Crippen LogP contribution in [0.4, 0.5) is 5.69 Å². The number of non-ortho nitro benzene ring substituents is 1. The van der Waals surface area contributed by atoms with Crippen molar-refractivity contribution in [3.8, 4) is 17.1 Å². The zero-order valence-corrected chi connectivity index (χ0v) is 10.2. The average Bonchev–Trinajstić information content (AvgIpc) is 2.35. The molecule has 0 aliphatic rings. The van der Waals surface area contributed by atoms with Gasteiger partial charge in [0, 0.05) is 17.7 Å². The van der Waals surface area contributed by atoms with Gasteiger partial charge in [-0.05, 0) is 12.1 Å². The Kier molecular flexibility index (Phi) is 3.31. The molecule has 1 aromatic carbocycles. The molecule has 0 fully saturated rings. The van der Waals surface area contributed by atoms with Gasteiger partial charge in [-0.3, -0.25) is 10.1 Å². The van der Waals surface area contributed by atoms with E-state index in [2.05, 4.69) is 9.97 Å². The van der Waals surface area contributed by atoms with Crippen LogP contribution in [0.1, 0.15) is 0 Å². The minimum atomic E-state index is -0.512. The van der Waals surface area contributed by atoms with Crippen molar-refractivity contribution in [3.63, 3.8) is 0 Å². The van der Waals surface area contributed by atoms with Crippen LogP contribution < -0.4 is 0 Å². The molecule has 0 saturated heterocycles. The number of halogens is 2. The first-order valence-corrected chi connectivity index (χ1v) is 5.41. The molecule has 0 unspecified atom stereocenters. The highest BCUT2D eigenvalue weighted by atomic mass is 35.5. The zero-order valence-electron chi connectivity index (χ0n) is 8.67. The maximum atomic E-state index is 10.5. The van der Waals surface area contributed by atoms with Crippen LogP contribution >= 0.6 is 23.2 Å². The Morgan fingerprint density at radius 2 is 1.61 bits per heavy atom. The second kappa shape index (κ2) is 4.75. The Labute approximate surface area is 111 Å². The number of nitro groups is 1. The smallest absolute Gasteiger partial charge is 0.269 e. The molecule has 1 heterocycles. The van der Waals surface area contributed by atoms with Gasteiger partial charge in [-0.1, -0.05) is 23.2 Å². The van der Waals surface area contributed by atoms with Crippen LogP contribution in [-0.2, 0) is 0 Å². The van der Waals surface area contributed by atoms with Crippen LogP contribution in [-0.4, -0.2) is 20.0 Å². The lowest BCUT2D eigenvalue weighted by atomic mass is 10.2. The third-order valence-corrected chi connectivity index (χ3v) is 2.66. The summed E-state index contributed by atoms with van der Waals surface area (Å²) in [5.41, 5.74) is 0.458. The Bertz CT molecular complexity index is 593. The van der Waals surface area contributed by atoms with Crippen LogP contribution in [0.15, 0.2) is 24.3 Å². The topological polar surface area (TPSA) is 89.2 Å². The summed E-state index contributed by atoms with van der Waals surface area (Å²) in [6.07, 6.45) is 0. The fourth-order valence-electron chi connectivity index (χ4n) is 1.26. The molecule has 0 spiro atoms. The van der Waals surface area contributed by atoms with Crippen molar-refractivity contribution in [2.24, 2.45) is 0 Å². The Hall–Kier alpha value is -1.92. The first-order chi connectivity index (χ1) is 8.49. The van der Waals surface area contributed by atoms with Crippen LogP contribution in [0, 0.1) is 10.1 Å². The lowest BCUT2D eigenvalue weighted by Gasteiger charge is -2.03. The number of rotatable bonds is 2. The van der Waals surface area contributed by atoms with E-state index in [1.807, 2.05) is 0 Å². The summed E-state index contributed by atoms with van der Waals surface area (Å²) < 4.78 is 0. The largest absolute Gasteiger partial charge is 0.503 e. The SMILES string of the molecule is O=[N+]([O-])c1ccc(-c2nc(Cl)c(O)c(Cl)n2)cc1. The number of aromatic nitrogens is 2. The maximum Gasteiger partial charge on any atom is 0.269 e. The van der Waals surface area contributed by atoms with Crippen LogP contribution in [0.5, 0.6) is 5.75 Å². The van der Waals surface area contributed by atoms with E-state index in [0.29, 0.717) is 5.56 Å². The molecule has 1 aromatic heterocycles. The third-order valence-electron chi connectivity index (χ3n) is 2.14. The summed E-state index contributed by atoms with van der Waals surface area (Å²) in [6.45, 7) is 0. The van der Waals surface area contributed by atoms with Gasteiger partial charge >= 0.3 is 0 Å². The van der Waals surface area contributed by atoms with E-state index in [1.54, 1.807) is 0 Å². The monoisotopic (exact) mass is 285 g/mol. The van der Waals surface area contributed by atoms with Crippen LogP contribution in [0.2, 0.25) is 10.3 Å². The Morgan fingerprint density at radius 3 is 2.06 bits per heavy atom. The van der Waals surface area contributed by atoms with E-state index < -0.39 is 10.7 Å². The summed E-state index contributed by atoms with van der Waals surface area (Å²) in [4.78, 5) is 17.6. The van der Waals surface area contributed by atoms with Crippen molar-refractivity contribution < 1.29 is 10.0 Å². The molecular formula is C10H5Cl2N3O3. The molecule has 0 saturated carbocycles. The van der Waals surface area contributed by atoms with Gasteiger partial charge in [0.05, 0.1) is 4.92 Å². The van der Waals surface area contributed by atoms with Crippen molar-refractivity contribution >= 4 is 28.9 Å². The second-order valence-electron chi connectivity index (χ2n) is 3.28. The lowest BCUT2D eigenvalue weighted by molar-refractivity contribution is -0.384. The van der Waals surface area contributed by atoms with Gasteiger partial charge in [0.1, 0.15) is 0 Å². The highest BCUT2D eigenvalue weighted by Crippen LogP contribution is 2.31. The number of hydrogen-bond acceptors (Lipinski definition) is 5. The normalized spacial score (nSPS) is 10.3. The molecule has 2 aromatic rings. The van der Waals surface area contributed by atoms with Crippen molar-refractivity contribution in [2.75, 3.05) is 0 Å². The molecule has 0 bridgehead atoms. The Balaban J connectivity index is 2.46. The molecule has 2 rings (SSSR count). The number of benzene rings is 1. The summed E-state index contributed by atoms with van der Waals surface area (Å²) in [5.74, 6) is -0.221. The zero-order chi connectivity index (χ0) is 13.3. The minimum Gasteiger partial charge on any atom is -0.503 e. The summed E-state index contributed by atoms with van der Waals surface area (Å²) in [5, 5.41) is 19.5. The van der Waals surface area contributed by atoms with E-state index in [4.69, 9.17) is 23.2 Å². The van der Waals surface area contributed by atoms with Crippen molar-refractivity contribution in [1.29, 1.82) is 0 Å². The van der Waals surface area contributed by atoms with Gasteiger partial charge in [0.2, 0.25) is 0 Å². The van der Waals surface area contributed by atoms with E-state index in [1.165, 1.54) is 24.3 Å². The number of hydrogen-bond donors (Lipinski definition) is 1. The Morgan fingerprint density at radius 1 is 1.11 bits per heavy atom. The number of nitrogens with zero attached hydrogens (tertiary/aromatic N) is 3. The molecule has 0 amide bonds. The van der Waals surface area contributed by atoms with Gasteiger partial charge in [-0.15, -0.1) is 0 Å². The van der Waals surface area contributed by atoms with Crippen molar-refractivity contribution in [2.45, 2.75) is 0 Å². The highest BCUT2D eigenvalue weighted by Gasteiger charge is 2.12. The summed E-state index contributed by atoms with van der Waals surface area (Å²) in [7, 11) is 0. The first-order valence-electron chi connectivity index (χ1n) is 4.66. The van der Waals surface area contributed by atoms with Gasteiger partial charge in [-0.25, -0.2) is 9.97 Å². The lowest BCUT2D eigenvalue weighted by Crippen LogP contribution is -1.92. The number of nitro benzene ring substituents is 1. The molecular weight excluding hydrogens is 281 g/mol. The molecule has 18 heavy (non-hydrogen) atoms. The molecule has 1 N–H and O–H groups in total. The van der Waals surface area contributed by atoms with E-state index in [-0.39, 0.29) is 21.8 Å². The van der Waals surface area contributed by atoms with Gasteiger partial charge < -0.3 is 5.11 Å².